The molecule has 0 unspecified atom stereocenters. The van der Waals surface area contributed by atoms with Crippen molar-refractivity contribution in [3.8, 4) is 11.3 Å². The van der Waals surface area contributed by atoms with Gasteiger partial charge in [-0.15, -0.1) is 0 Å². The second kappa shape index (κ2) is 7.16. The molecule has 1 amide bonds. The third kappa shape index (κ3) is 3.50. The van der Waals surface area contributed by atoms with Crippen molar-refractivity contribution in [2.75, 3.05) is 11.9 Å². The quantitative estimate of drug-likeness (QED) is 0.835. The summed E-state index contributed by atoms with van der Waals surface area (Å²) in [5, 5.41) is 0. The zero-order valence-corrected chi connectivity index (χ0v) is 14.7. The van der Waals surface area contributed by atoms with Crippen LogP contribution in [0.3, 0.4) is 0 Å². The molecule has 5 heteroatoms. The minimum atomic E-state index is 0.133. The van der Waals surface area contributed by atoms with Crippen molar-refractivity contribution in [3.05, 3.63) is 30.5 Å². The number of pyridine rings is 1. The number of rotatable bonds is 4. The van der Waals surface area contributed by atoms with E-state index < -0.39 is 0 Å². The van der Waals surface area contributed by atoms with Gasteiger partial charge in [-0.2, -0.15) is 0 Å². The van der Waals surface area contributed by atoms with Gasteiger partial charge < -0.3 is 4.42 Å². The van der Waals surface area contributed by atoms with Crippen molar-refractivity contribution in [1.82, 2.24) is 9.97 Å². The molecule has 2 aromatic heterocycles. The molecule has 0 bridgehead atoms. The molecular weight excluding hydrogens is 302 g/mol. The number of amides is 1. The monoisotopic (exact) mass is 327 g/mol. The van der Waals surface area contributed by atoms with Crippen LogP contribution in [0.2, 0.25) is 0 Å². The minimum Gasteiger partial charge on any atom is -0.448 e. The molecule has 1 saturated carbocycles. The van der Waals surface area contributed by atoms with Gasteiger partial charge in [-0.25, -0.2) is 9.97 Å². The Morgan fingerprint density at radius 3 is 2.71 bits per heavy atom. The van der Waals surface area contributed by atoms with Gasteiger partial charge in [0.2, 0.25) is 5.91 Å². The van der Waals surface area contributed by atoms with Gasteiger partial charge in [0, 0.05) is 30.6 Å². The van der Waals surface area contributed by atoms with Gasteiger partial charge in [0.1, 0.15) is 17.8 Å². The molecule has 1 aliphatic rings. The molecule has 0 N–H and O–H groups in total. The topological polar surface area (TPSA) is 59.2 Å². The zero-order valence-electron chi connectivity index (χ0n) is 14.7. The van der Waals surface area contributed by atoms with Gasteiger partial charge in [-0.05, 0) is 25.0 Å². The summed E-state index contributed by atoms with van der Waals surface area (Å²) in [6, 6.07) is 3.80. The van der Waals surface area contributed by atoms with Crippen molar-refractivity contribution in [1.29, 1.82) is 0 Å². The number of aromatic nitrogens is 2. The number of nitrogens with zero attached hydrogens (tertiary/aromatic N) is 3. The van der Waals surface area contributed by atoms with E-state index in [9.17, 15) is 4.79 Å². The summed E-state index contributed by atoms with van der Waals surface area (Å²) in [4.78, 5) is 23.3. The molecule has 0 radical (unpaired) electrons. The third-order valence-electron chi connectivity index (χ3n) is 4.69. The predicted octanol–water partition coefficient (Wildman–Crippen LogP) is 4.40. The van der Waals surface area contributed by atoms with Crippen LogP contribution in [0.15, 0.2) is 29.0 Å². The maximum atomic E-state index is 12.7. The Morgan fingerprint density at radius 1 is 1.29 bits per heavy atom. The average Bonchev–Trinajstić information content (AvgIpc) is 3.12. The van der Waals surface area contributed by atoms with Gasteiger partial charge in [0.25, 0.3) is 0 Å². The average molecular weight is 327 g/mol. The van der Waals surface area contributed by atoms with E-state index in [0.717, 1.165) is 42.8 Å². The maximum absolute atomic E-state index is 12.7. The van der Waals surface area contributed by atoms with E-state index in [4.69, 9.17) is 4.42 Å². The Balaban J connectivity index is 1.79. The van der Waals surface area contributed by atoms with Crippen LogP contribution in [-0.2, 0) is 4.79 Å². The highest BCUT2D eigenvalue weighted by atomic mass is 16.3. The second-order valence-corrected chi connectivity index (χ2v) is 6.86. The molecule has 5 nitrogen and oxygen atoms in total. The number of hydrogen-bond acceptors (Lipinski definition) is 4. The van der Waals surface area contributed by atoms with Crippen molar-refractivity contribution >= 4 is 11.7 Å². The first-order valence-electron chi connectivity index (χ1n) is 8.75. The highest BCUT2D eigenvalue weighted by Gasteiger charge is 2.25. The lowest BCUT2D eigenvalue weighted by Crippen LogP contribution is -2.34. The minimum absolute atomic E-state index is 0.133. The standard InChI is InChI=1S/C19H25N3O2/c1-13(2)18-21-16(12-24-18)15-9-10-20-17(11-15)22(3)19(23)14-7-5-4-6-8-14/h9-14H,4-8H2,1-3H3. The van der Waals surface area contributed by atoms with E-state index in [0.29, 0.717) is 5.82 Å². The molecule has 0 aliphatic heterocycles. The van der Waals surface area contributed by atoms with Gasteiger partial charge in [-0.3, -0.25) is 9.69 Å². The molecule has 0 atom stereocenters. The van der Waals surface area contributed by atoms with Crippen molar-refractivity contribution < 1.29 is 9.21 Å². The van der Waals surface area contributed by atoms with Gasteiger partial charge >= 0.3 is 0 Å². The van der Waals surface area contributed by atoms with Crippen LogP contribution in [0.4, 0.5) is 5.82 Å². The number of carbonyl (C=O) groups is 1. The molecular formula is C19H25N3O2. The van der Waals surface area contributed by atoms with E-state index >= 15 is 0 Å². The van der Waals surface area contributed by atoms with E-state index in [1.807, 2.05) is 33.0 Å². The normalized spacial score (nSPS) is 15.7. The van der Waals surface area contributed by atoms with Crippen LogP contribution in [-0.4, -0.2) is 22.9 Å². The molecule has 2 aromatic rings. The summed E-state index contributed by atoms with van der Waals surface area (Å²) in [7, 11) is 1.81. The summed E-state index contributed by atoms with van der Waals surface area (Å²) in [6.07, 6.45) is 8.90. The first-order chi connectivity index (χ1) is 11.6. The highest BCUT2D eigenvalue weighted by Crippen LogP contribution is 2.28. The Labute approximate surface area is 143 Å². The first-order valence-corrected chi connectivity index (χ1v) is 8.75. The summed E-state index contributed by atoms with van der Waals surface area (Å²) >= 11 is 0. The molecule has 24 heavy (non-hydrogen) atoms. The molecule has 1 fully saturated rings. The molecule has 0 aromatic carbocycles. The summed E-state index contributed by atoms with van der Waals surface area (Å²) in [6.45, 7) is 4.09. The van der Waals surface area contributed by atoms with E-state index in [-0.39, 0.29) is 17.7 Å². The predicted molar refractivity (Wildman–Crippen MR) is 93.8 cm³/mol. The molecule has 2 heterocycles. The van der Waals surface area contributed by atoms with Crippen molar-refractivity contribution in [2.45, 2.75) is 51.9 Å². The molecule has 0 saturated heterocycles. The third-order valence-corrected chi connectivity index (χ3v) is 4.69. The number of hydrogen-bond donors (Lipinski definition) is 0. The Kier molecular flexibility index (Phi) is 4.97. The fourth-order valence-corrected chi connectivity index (χ4v) is 3.18. The molecule has 0 spiro atoms. The first kappa shape index (κ1) is 16.7. The van der Waals surface area contributed by atoms with Crippen LogP contribution in [0.1, 0.15) is 57.8 Å². The van der Waals surface area contributed by atoms with Crippen molar-refractivity contribution in [3.63, 3.8) is 0 Å². The van der Waals surface area contributed by atoms with Gasteiger partial charge in [0.15, 0.2) is 5.89 Å². The fourth-order valence-electron chi connectivity index (χ4n) is 3.18. The zero-order chi connectivity index (χ0) is 17.1. The SMILES string of the molecule is CC(C)c1nc(-c2ccnc(N(C)C(=O)C3CCCCC3)c2)co1. The number of oxazole rings is 1. The van der Waals surface area contributed by atoms with Crippen LogP contribution in [0.25, 0.3) is 11.3 Å². The van der Waals surface area contributed by atoms with Gasteiger partial charge in [-0.1, -0.05) is 33.1 Å². The Bertz CT molecular complexity index is 702. The number of anilines is 1. The molecule has 128 valence electrons. The van der Waals surface area contributed by atoms with Crippen molar-refractivity contribution in [2.24, 2.45) is 5.92 Å². The highest BCUT2D eigenvalue weighted by molar-refractivity contribution is 5.94. The summed E-state index contributed by atoms with van der Waals surface area (Å²) < 4.78 is 5.51. The fraction of sp³-hybridized carbons (Fsp3) is 0.526. The van der Waals surface area contributed by atoms with Crippen LogP contribution in [0.5, 0.6) is 0 Å². The Morgan fingerprint density at radius 2 is 2.04 bits per heavy atom. The number of carbonyl (C=O) groups excluding carboxylic acids is 1. The van der Waals surface area contributed by atoms with Crippen LogP contribution < -0.4 is 4.90 Å². The second-order valence-electron chi connectivity index (χ2n) is 6.86. The lowest BCUT2D eigenvalue weighted by molar-refractivity contribution is -0.123. The largest absolute Gasteiger partial charge is 0.448 e. The summed E-state index contributed by atoms with van der Waals surface area (Å²) in [5.41, 5.74) is 1.69. The molecule has 1 aliphatic carbocycles. The lowest BCUT2D eigenvalue weighted by atomic mass is 9.88. The van der Waals surface area contributed by atoms with Crippen LogP contribution >= 0.6 is 0 Å². The molecule has 3 rings (SSSR count). The smallest absolute Gasteiger partial charge is 0.230 e. The van der Waals surface area contributed by atoms with E-state index in [2.05, 4.69) is 9.97 Å². The van der Waals surface area contributed by atoms with E-state index in [1.54, 1.807) is 17.4 Å². The van der Waals surface area contributed by atoms with E-state index in [1.165, 1.54) is 6.42 Å². The Hall–Kier alpha value is -2.17. The maximum Gasteiger partial charge on any atom is 0.230 e. The summed E-state index contributed by atoms with van der Waals surface area (Å²) in [5.74, 6) is 1.93. The lowest BCUT2D eigenvalue weighted by Gasteiger charge is -2.26. The van der Waals surface area contributed by atoms with Gasteiger partial charge in [0.05, 0.1) is 0 Å². The van der Waals surface area contributed by atoms with Crippen LogP contribution in [0, 0.1) is 5.92 Å².